The van der Waals surface area contributed by atoms with Gasteiger partial charge in [0.2, 0.25) is 5.91 Å². The van der Waals surface area contributed by atoms with Gasteiger partial charge < -0.3 is 15.5 Å². The number of aromatic nitrogens is 1. The third kappa shape index (κ3) is 5.11. The Balaban J connectivity index is 1.48. The van der Waals surface area contributed by atoms with E-state index in [1.165, 1.54) is 23.8 Å². The lowest BCUT2D eigenvalue weighted by Crippen LogP contribution is -2.57. The summed E-state index contributed by atoms with van der Waals surface area (Å²) in [5, 5.41) is 27.3. The van der Waals surface area contributed by atoms with E-state index in [1.54, 1.807) is 0 Å². The van der Waals surface area contributed by atoms with Gasteiger partial charge in [0.05, 0.1) is 18.4 Å². The summed E-state index contributed by atoms with van der Waals surface area (Å²) in [6, 6.07) is 3.41. The second-order valence-electron chi connectivity index (χ2n) is 12.0. The van der Waals surface area contributed by atoms with Crippen LogP contribution >= 0.6 is 11.3 Å². The zero-order valence-corrected chi connectivity index (χ0v) is 23.3. The van der Waals surface area contributed by atoms with Crippen molar-refractivity contribution in [2.45, 2.75) is 89.7 Å². The van der Waals surface area contributed by atoms with Crippen molar-refractivity contribution >= 4 is 28.3 Å². The van der Waals surface area contributed by atoms with Crippen LogP contribution in [0.1, 0.15) is 92.1 Å². The highest BCUT2D eigenvalue weighted by Gasteiger charge is 2.59. The number of rotatable bonds is 6. The molecule has 5 unspecified atom stereocenters. The van der Waals surface area contributed by atoms with Crippen molar-refractivity contribution < 1.29 is 28.6 Å². The van der Waals surface area contributed by atoms with E-state index in [9.17, 15) is 28.6 Å². The Labute approximate surface area is 231 Å². The van der Waals surface area contributed by atoms with Crippen LogP contribution in [0.4, 0.5) is 13.9 Å². The molecule has 10 heteroatoms. The second kappa shape index (κ2) is 10.9. The first-order valence-electron chi connectivity index (χ1n) is 13.9. The Morgan fingerprint density at radius 1 is 1.13 bits per heavy atom. The summed E-state index contributed by atoms with van der Waals surface area (Å²) >= 11 is 1.22. The number of nitrogens with one attached hydrogen (secondary N) is 2. The number of aliphatic hydroxyl groups excluding tert-OH is 2. The third-order valence-corrected chi connectivity index (χ3v) is 10.7. The molecule has 0 radical (unpaired) electrons. The minimum Gasteiger partial charge on any atom is -0.396 e. The largest absolute Gasteiger partial charge is 0.396 e. The van der Waals surface area contributed by atoms with E-state index in [1.807, 2.05) is 6.92 Å². The average Bonchev–Trinajstić information content (AvgIpc) is 3.30. The standard InChI is InChI=1S/C29H37F2N3O4S/c1-28-12-11-22(36)29(2,15-35)21(28)14-20-25(17(28)13-23(37)32-16-7-4-3-5-8-16)33-27(39-20)34-26(38)24-18(30)9-6-10-19(24)31/h6,9-10,16-17,21-22,35-36H,3-5,7-8,11-15H2,1-2H3,(H,32,37)(H,33,34,38). The van der Waals surface area contributed by atoms with Crippen molar-refractivity contribution in [3.8, 4) is 0 Å². The van der Waals surface area contributed by atoms with Crippen molar-refractivity contribution in [1.82, 2.24) is 10.3 Å². The molecule has 5 rings (SSSR count). The van der Waals surface area contributed by atoms with Crippen molar-refractivity contribution in [1.29, 1.82) is 0 Å². The molecule has 1 aromatic heterocycles. The Bertz CT molecular complexity index is 1230. The topological polar surface area (TPSA) is 112 Å². The molecule has 2 aromatic rings. The maximum absolute atomic E-state index is 14.2. The lowest BCUT2D eigenvalue weighted by molar-refractivity contribution is -0.144. The molecular formula is C29H37F2N3O4S. The Hall–Kier alpha value is -2.43. The lowest BCUT2D eigenvalue weighted by atomic mass is 9.47. The summed E-state index contributed by atoms with van der Waals surface area (Å²) in [7, 11) is 0. The van der Waals surface area contributed by atoms with Gasteiger partial charge in [-0.2, -0.15) is 0 Å². The molecule has 2 saturated carbocycles. The minimum atomic E-state index is -0.961. The van der Waals surface area contributed by atoms with Gasteiger partial charge in [0.15, 0.2) is 5.13 Å². The maximum atomic E-state index is 14.2. The fourth-order valence-corrected chi connectivity index (χ4v) is 8.36. The number of hydrogen-bond acceptors (Lipinski definition) is 6. The van der Waals surface area contributed by atoms with E-state index in [0.717, 1.165) is 42.7 Å². The average molecular weight is 562 g/mol. The van der Waals surface area contributed by atoms with Gasteiger partial charge in [0.1, 0.15) is 17.2 Å². The van der Waals surface area contributed by atoms with Gasteiger partial charge in [-0.3, -0.25) is 14.9 Å². The molecule has 0 bridgehead atoms. The normalized spacial score (nSPS) is 30.8. The number of fused-ring (bicyclic) bond motifs is 2. The highest BCUT2D eigenvalue weighted by molar-refractivity contribution is 7.15. The number of aliphatic hydroxyl groups is 2. The lowest BCUT2D eigenvalue weighted by Gasteiger charge is -2.58. The first-order valence-corrected chi connectivity index (χ1v) is 14.7. The van der Waals surface area contributed by atoms with Crippen LogP contribution in [0.15, 0.2) is 18.2 Å². The number of benzene rings is 1. The molecule has 5 atom stereocenters. The number of anilines is 1. The van der Waals surface area contributed by atoms with Crippen LogP contribution in [0.2, 0.25) is 0 Å². The van der Waals surface area contributed by atoms with Crippen molar-refractivity contribution in [2.24, 2.45) is 16.7 Å². The summed E-state index contributed by atoms with van der Waals surface area (Å²) in [6.07, 6.45) is 6.52. The molecule has 0 aliphatic heterocycles. The number of carbonyl (C=O) groups is 2. The van der Waals surface area contributed by atoms with E-state index < -0.39 is 40.0 Å². The summed E-state index contributed by atoms with van der Waals surface area (Å²) in [6.45, 7) is 3.82. The van der Waals surface area contributed by atoms with Crippen LogP contribution in [-0.2, 0) is 11.2 Å². The van der Waals surface area contributed by atoms with E-state index in [2.05, 4.69) is 17.6 Å². The molecule has 7 nitrogen and oxygen atoms in total. The molecule has 4 N–H and O–H groups in total. The molecule has 2 amide bonds. The van der Waals surface area contributed by atoms with E-state index >= 15 is 0 Å². The number of hydrogen-bond donors (Lipinski definition) is 4. The fraction of sp³-hybridized carbons (Fsp3) is 0.621. The van der Waals surface area contributed by atoms with E-state index in [-0.39, 0.29) is 41.9 Å². The Morgan fingerprint density at radius 2 is 1.82 bits per heavy atom. The molecule has 0 spiro atoms. The summed E-state index contributed by atoms with van der Waals surface area (Å²) in [5.41, 5.74) is -1.17. The highest BCUT2D eigenvalue weighted by atomic mass is 32.1. The number of thiazole rings is 1. The number of nitrogens with zero attached hydrogens (tertiary/aromatic N) is 1. The summed E-state index contributed by atoms with van der Waals surface area (Å²) in [4.78, 5) is 31.7. The smallest absolute Gasteiger partial charge is 0.263 e. The molecule has 2 fully saturated rings. The number of halogens is 2. The number of carbonyl (C=O) groups excluding carboxylic acids is 2. The first-order chi connectivity index (χ1) is 18.6. The zero-order chi connectivity index (χ0) is 27.9. The summed E-state index contributed by atoms with van der Waals surface area (Å²) in [5.74, 6) is -3.34. The van der Waals surface area contributed by atoms with Crippen LogP contribution in [0.5, 0.6) is 0 Å². The fourth-order valence-electron chi connectivity index (χ4n) is 7.29. The zero-order valence-electron chi connectivity index (χ0n) is 22.4. The predicted octanol–water partition coefficient (Wildman–Crippen LogP) is 4.93. The molecule has 3 aliphatic carbocycles. The molecule has 1 aromatic carbocycles. The molecule has 0 saturated heterocycles. The van der Waals surface area contributed by atoms with Gasteiger partial charge in [-0.15, -0.1) is 11.3 Å². The predicted molar refractivity (Wildman–Crippen MR) is 145 cm³/mol. The first kappa shape index (κ1) is 28.1. The molecule has 3 aliphatic rings. The summed E-state index contributed by atoms with van der Waals surface area (Å²) < 4.78 is 28.5. The quantitative estimate of drug-likeness (QED) is 0.400. The molecular weight excluding hydrogens is 524 g/mol. The maximum Gasteiger partial charge on any atom is 0.263 e. The van der Waals surface area contributed by atoms with Gasteiger partial charge in [0, 0.05) is 28.7 Å². The van der Waals surface area contributed by atoms with Gasteiger partial charge in [-0.25, -0.2) is 13.8 Å². The van der Waals surface area contributed by atoms with Crippen LogP contribution in [0.25, 0.3) is 0 Å². The van der Waals surface area contributed by atoms with E-state index in [4.69, 9.17) is 4.98 Å². The monoisotopic (exact) mass is 561 g/mol. The van der Waals surface area contributed by atoms with Gasteiger partial charge >= 0.3 is 0 Å². The second-order valence-corrected chi connectivity index (χ2v) is 13.1. The Morgan fingerprint density at radius 3 is 2.49 bits per heavy atom. The highest BCUT2D eigenvalue weighted by Crippen LogP contribution is 2.62. The van der Waals surface area contributed by atoms with Crippen molar-refractivity contribution in [3.05, 3.63) is 46.0 Å². The van der Waals surface area contributed by atoms with Crippen LogP contribution in [-0.4, -0.2) is 45.8 Å². The van der Waals surface area contributed by atoms with Crippen LogP contribution < -0.4 is 10.6 Å². The SMILES string of the molecule is CC1(CO)C(O)CCC2(C)C(CC(=O)NC3CCCCC3)c3nc(NC(=O)c4c(F)cccc4F)sc3CC12. The molecule has 212 valence electrons. The van der Waals surface area contributed by atoms with Crippen LogP contribution in [0.3, 0.4) is 0 Å². The third-order valence-electron chi connectivity index (χ3n) is 9.66. The van der Waals surface area contributed by atoms with Gasteiger partial charge in [-0.1, -0.05) is 39.2 Å². The molecule has 39 heavy (non-hydrogen) atoms. The van der Waals surface area contributed by atoms with Crippen molar-refractivity contribution in [2.75, 3.05) is 11.9 Å². The number of amides is 2. The minimum absolute atomic E-state index is 0.0523. The van der Waals surface area contributed by atoms with Crippen LogP contribution in [0, 0.1) is 28.4 Å². The van der Waals surface area contributed by atoms with E-state index in [0.29, 0.717) is 25.0 Å². The Kier molecular flexibility index (Phi) is 7.83. The van der Waals surface area contributed by atoms with Gasteiger partial charge in [-0.05, 0) is 55.6 Å². The van der Waals surface area contributed by atoms with Crippen molar-refractivity contribution in [3.63, 3.8) is 0 Å². The van der Waals surface area contributed by atoms with Gasteiger partial charge in [0.25, 0.3) is 5.91 Å². The molecule has 1 heterocycles.